The summed E-state index contributed by atoms with van der Waals surface area (Å²) in [5.41, 5.74) is 2.81. The number of amides is 1. The first kappa shape index (κ1) is 18.9. The van der Waals surface area contributed by atoms with Crippen molar-refractivity contribution in [1.29, 1.82) is 0 Å². The molecule has 1 amide bonds. The second-order valence-corrected chi connectivity index (χ2v) is 6.25. The second kappa shape index (κ2) is 8.65. The van der Waals surface area contributed by atoms with Crippen molar-refractivity contribution < 1.29 is 15.2 Å². The van der Waals surface area contributed by atoms with E-state index in [1.807, 2.05) is 36.4 Å². The van der Waals surface area contributed by atoms with Gasteiger partial charge in [0.05, 0.1) is 5.69 Å². The summed E-state index contributed by atoms with van der Waals surface area (Å²) in [7, 11) is 0. The molecule has 2 aromatic carbocycles. The van der Waals surface area contributed by atoms with Gasteiger partial charge in [-0.1, -0.05) is 42.5 Å². The molecule has 7 nitrogen and oxygen atoms in total. The number of H-pyrrole nitrogens is 1. The molecule has 0 aliphatic carbocycles. The molecule has 0 radical (unpaired) electrons. The molecule has 0 spiro atoms. The number of aromatic nitrogens is 2. The standard InChI is InChI=1S/C19H18N4O3S/c24-18(21-15-8-4-5-9-17(15)23(25)26)11-10-14-12-16(22-19(27)20-14)13-6-2-1-3-7-13/h1-9,12,23,25H,10-11H2,(H,21,24)(H,20,22,27). The summed E-state index contributed by atoms with van der Waals surface area (Å²) >= 11 is 5.19. The molecule has 3 aromatic rings. The summed E-state index contributed by atoms with van der Waals surface area (Å²) in [5, 5.41) is 22.0. The number of hydrogen-bond acceptors (Lipinski definition) is 5. The number of para-hydroxylation sites is 2. The van der Waals surface area contributed by atoms with Crippen LogP contribution < -0.4 is 10.5 Å². The fourth-order valence-corrected chi connectivity index (χ4v) is 2.87. The van der Waals surface area contributed by atoms with Gasteiger partial charge in [-0.05, 0) is 30.8 Å². The molecule has 0 saturated carbocycles. The lowest BCUT2D eigenvalue weighted by Gasteiger charge is -2.15. The number of carbonyl (C=O) groups excluding carboxylic acids is 1. The van der Waals surface area contributed by atoms with E-state index in [0.29, 0.717) is 11.2 Å². The first-order valence-corrected chi connectivity index (χ1v) is 8.71. The summed E-state index contributed by atoms with van der Waals surface area (Å²) in [4.78, 5) is 19.6. The molecule has 0 saturated heterocycles. The average Bonchev–Trinajstić information content (AvgIpc) is 2.67. The van der Waals surface area contributed by atoms with Crippen molar-refractivity contribution in [3.63, 3.8) is 0 Å². The smallest absolute Gasteiger partial charge is 0.224 e. The minimum absolute atomic E-state index is 0.0560. The number of aromatic amines is 1. The normalized spacial score (nSPS) is 11.8. The van der Waals surface area contributed by atoms with Gasteiger partial charge in [0.15, 0.2) is 10.5 Å². The number of carbonyl (C=O) groups is 1. The van der Waals surface area contributed by atoms with E-state index < -0.39 is 5.23 Å². The minimum atomic E-state index is -1.09. The third kappa shape index (κ3) is 5.05. The predicted octanol–water partition coefficient (Wildman–Crippen LogP) is 2.78. The Labute approximate surface area is 160 Å². The summed E-state index contributed by atoms with van der Waals surface area (Å²) in [5.74, 6) is -0.277. The lowest BCUT2D eigenvalue weighted by atomic mass is 10.1. The largest absolute Gasteiger partial charge is 0.595 e. The van der Waals surface area contributed by atoms with Gasteiger partial charge in [0.2, 0.25) is 5.91 Å². The predicted molar refractivity (Wildman–Crippen MR) is 104 cm³/mol. The van der Waals surface area contributed by atoms with E-state index in [0.717, 1.165) is 17.0 Å². The van der Waals surface area contributed by atoms with Crippen molar-refractivity contribution in [2.45, 2.75) is 12.8 Å². The van der Waals surface area contributed by atoms with Crippen molar-refractivity contribution in [3.05, 3.63) is 76.3 Å². The molecule has 0 fully saturated rings. The van der Waals surface area contributed by atoms with Gasteiger partial charge in [0.25, 0.3) is 0 Å². The molecule has 8 heteroatoms. The lowest BCUT2D eigenvalue weighted by molar-refractivity contribution is -0.990. The minimum Gasteiger partial charge on any atom is -0.595 e. The number of aryl methyl sites for hydroxylation is 1. The Balaban J connectivity index is 1.69. The Morgan fingerprint density at radius 1 is 1.19 bits per heavy atom. The third-order valence-corrected chi connectivity index (χ3v) is 4.12. The number of quaternary nitrogens is 1. The first-order valence-electron chi connectivity index (χ1n) is 8.31. The number of nitrogens with zero attached hydrogens (tertiary/aromatic N) is 1. The van der Waals surface area contributed by atoms with Gasteiger partial charge in [0.1, 0.15) is 5.69 Å². The Kier molecular flexibility index (Phi) is 6.05. The quantitative estimate of drug-likeness (QED) is 0.388. The van der Waals surface area contributed by atoms with Crippen LogP contribution in [0.5, 0.6) is 0 Å². The van der Waals surface area contributed by atoms with E-state index in [1.54, 1.807) is 18.2 Å². The van der Waals surface area contributed by atoms with Gasteiger partial charge >= 0.3 is 0 Å². The molecule has 0 bridgehead atoms. The highest BCUT2D eigenvalue weighted by Gasteiger charge is 2.12. The highest BCUT2D eigenvalue weighted by atomic mass is 32.1. The number of anilines is 1. The van der Waals surface area contributed by atoms with Gasteiger partial charge in [-0.25, -0.2) is 10.2 Å². The first-order chi connectivity index (χ1) is 13.0. The Morgan fingerprint density at radius 3 is 2.63 bits per heavy atom. The highest BCUT2D eigenvalue weighted by Crippen LogP contribution is 2.19. The Hall–Kier alpha value is -2.91. The molecule has 1 aromatic heterocycles. The number of nitrogens with one attached hydrogen (secondary N) is 3. The maximum Gasteiger partial charge on any atom is 0.224 e. The summed E-state index contributed by atoms with van der Waals surface area (Å²) in [6, 6.07) is 17.8. The van der Waals surface area contributed by atoms with Crippen molar-refractivity contribution in [1.82, 2.24) is 9.97 Å². The lowest BCUT2D eigenvalue weighted by Crippen LogP contribution is -2.99. The molecule has 138 valence electrons. The van der Waals surface area contributed by atoms with E-state index in [2.05, 4.69) is 15.3 Å². The van der Waals surface area contributed by atoms with Crippen molar-refractivity contribution >= 4 is 29.5 Å². The number of benzene rings is 2. The maximum absolute atomic E-state index is 12.2. The fraction of sp³-hybridized carbons (Fsp3) is 0.105. The fourth-order valence-electron chi connectivity index (χ4n) is 2.64. The molecular formula is C19H18N4O3S. The maximum atomic E-state index is 12.2. The van der Waals surface area contributed by atoms with Gasteiger partial charge < -0.3 is 15.5 Å². The zero-order valence-electron chi connectivity index (χ0n) is 14.3. The molecule has 0 aliphatic rings. The van der Waals surface area contributed by atoms with Gasteiger partial charge in [-0.3, -0.25) is 4.79 Å². The van der Waals surface area contributed by atoms with Crippen LogP contribution in [0.3, 0.4) is 0 Å². The van der Waals surface area contributed by atoms with Crippen LogP contribution in [0.25, 0.3) is 11.3 Å². The van der Waals surface area contributed by atoms with Gasteiger partial charge in [0, 0.05) is 23.7 Å². The van der Waals surface area contributed by atoms with Crippen LogP contribution in [0, 0.1) is 9.98 Å². The van der Waals surface area contributed by atoms with Gasteiger partial charge in [-0.2, -0.15) is 5.23 Å². The molecule has 1 unspecified atom stereocenters. The molecule has 0 aliphatic heterocycles. The van der Waals surface area contributed by atoms with Crippen molar-refractivity contribution in [2.75, 3.05) is 5.32 Å². The monoisotopic (exact) mass is 382 g/mol. The topological polar surface area (TPSA) is 106 Å². The van der Waals surface area contributed by atoms with E-state index in [1.165, 1.54) is 6.07 Å². The molecule has 1 heterocycles. The molecule has 3 rings (SSSR count). The average molecular weight is 382 g/mol. The second-order valence-electron chi connectivity index (χ2n) is 5.86. The molecule has 4 N–H and O–H groups in total. The number of hydrogen-bond donors (Lipinski definition) is 4. The van der Waals surface area contributed by atoms with Crippen LogP contribution in [0.15, 0.2) is 60.7 Å². The SMILES string of the molecule is O=C(CCc1cc(-c2ccccc2)nc(=S)[nH]1)Nc1ccccc1[NH+]([O-])O. The Morgan fingerprint density at radius 2 is 1.89 bits per heavy atom. The van der Waals surface area contributed by atoms with Crippen LogP contribution in [0.2, 0.25) is 0 Å². The van der Waals surface area contributed by atoms with Crippen LogP contribution in [-0.2, 0) is 11.2 Å². The molecule has 1 atom stereocenters. The van der Waals surface area contributed by atoms with Crippen molar-refractivity contribution in [3.8, 4) is 11.3 Å². The van der Waals surface area contributed by atoms with E-state index in [4.69, 9.17) is 12.2 Å². The highest BCUT2D eigenvalue weighted by molar-refractivity contribution is 7.71. The van der Waals surface area contributed by atoms with Crippen LogP contribution in [-0.4, -0.2) is 21.1 Å². The number of rotatable bonds is 6. The van der Waals surface area contributed by atoms with Crippen LogP contribution in [0.4, 0.5) is 11.4 Å². The Bertz CT molecular complexity index is 989. The molecular weight excluding hydrogens is 364 g/mol. The van der Waals surface area contributed by atoms with Crippen LogP contribution >= 0.6 is 12.2 Å². The molecule has 27 heavy (non-hydrogen) atoms. The third-order valence-electron chi connectivity index (χ3n) is 3.92. The van der Waals surface area contributed by atoms with Gasteiger partial charge in [-0.15, -0.1) is 0 Å². The van der Waals surface area contributed by atoms with E-state index in [9.17, 15) is 15.2 Å². The van der Waals surface area contributed by atoms with E-state index >= 15 is 0 Å². The summed E-state index contributed by atoms with van der Waals surface area (Å²) in [6.07, 6.45) is 0.602. The summed E-state index contributed by atoms with van der Waals surface area (Å²) in [6.45, 7) is 0. The van der Waals surface area contributed by atoms with Crippen LogP contribution in [0.1, 0.15) is 12.1 Å². The van der Waals surface area contributed by atoms with Crippen molar-refractivity contribution in [2.24, 2.45) is 0 Å². The van der Waals surface area contributed by atoms with E-state index in [-0.39, 0.29) is 23.7 Å². The zero-order chi connectivity index (χ0) is 19.2. The zero-order valence-corrected chi connectivity index (χ0v) is 15.1. The summed E-state index contributed by atoms with van der Waals surface area (Å²) < 4.78 is 0.350.